The first-order chi connectivity index (χ1) is 8.49. The smallest absolute Gasteiger partial charge is 0.407 e. The zero-order valence-electron chi connectivity index (χ0n) is 11.4. The summed E-state index contributed by atoms with van der Waals surface area (Å²) < 4.78 is 26.2. The lowest BCUT2D eigenvalue weighted by molar-refractivity contribution is -0.120. The molecular weight excluding hydrogens is 272 g/mol. The summed E-state index contributed by atoms with van der Waals surface area (Å²) in [6.07, 6.45) is 4.19. The molecule has 0 heterocycles. The molecule has 0 spiro atoms. The Bertz CT molecular complexity index is 411. The summed E-state index contributed by atoms with van der Waals surface area (Å²) in [4.78, 5) is 22.5. The number of rotatable bonds is 6. The monoisotopic (exact) mass is 292 g/mol. The van der Waals surface area contributed by atoms with Gasteiger partial charge in [0.1, 0.15) is 5.60 Å². The van der Waals surface area contributed by atoms with E-state index in [0.717, 1.165) is 0 Å². The number of hydrogen-bond donors (Lipinski definition) is 2. The number of alkyl carbamates (subject to hydrolysis) is 1. The van der Waals surface area contributed by atoms with Crippen LogP contribution in [0.2, 0.25) is 0 Å². The fourth-order valence-electron chi connectivity index (χ4n) is 1.01. The second-order valence-corrected chi connectivity index (χ2v) is 6.63. The van der Waals surface area contributed by atoms with Crippen LogP contribution in [0.3, 0.4) is 0 Å². The van der Waals surface area contributed by atoms with E-state index in [1.165, 1.54) is 0 Å². The Hall–Kier alpha value is -1.31. The maximum atomic E-state index is 11.3. The van der Waals surface area contributed by atoms with Crippen molar-refractivity contribution in [3.05, 3.63) is 6.26 Å². The van der Waals surface area contributed by atoms with Crippen molar-refractivity contribution in [3.8, 4) is 0 Å². The molecule has 0 aromatic heterocycles. The molecule has 0 saturated heterocycles. The van der Waals surface area contributed by atoms with Crippen molar-refractivity contribution in [3.63, 3.8) is 0 Å². The molecule has 2 N–H and O–H groups in total. The van der Waals surface area contributed by atoms with Gasteiger partial charge in [-0.05, 0) is 20.8 Å². The molecule has 0 aliphatic carbocycles. The van der Waals surface area contributed by atoms with E-state index in [0.29, 0.717) is 0 Å². The van der Waals surface area contributed by atoms with Crippen molar-refractivity contribution in [1.29, 1.82) is 0 Å². The van der Waals surface area contributed by atoms with Gasteiger partial charge in [-0.1, -0.05) is 0 Å². The second kappa shape index (κ2) is 7.32. The van der Waals surface area contributed by atoms with Gasteiger partial charge in [0.15, 0.2) is 9.84 Å². The summed E-state index contributed by atoms with van der Waals surface area (Å²) in [6, 6.07) is 0. The van der Waals surface area contributed by atoms with Crippen molar-refractivity contribution < 1.29 is 22.7 Å². The van der Waals surface area contributed by atoms with Gasteiger partial charge in [0.05, 0.1) is 12.0 Å². The molecule has 0 aliphatic rings. The standard InChI is InChI=1S/C11H20N2O5S/c1-11(2,3)18-10(15)13-6-5-9(14)12-7-8-19(4,16)17/h4H,5-8H2,1-3H3,(H,12,14)(H,13,15). The van der Waals surface area contributed by atoms with E-state index >= 15 is 0 Å². The zero-order valence-corrected chi connectivity index (χ0v) is 12.2. The SMILES string of the molecule is [CH]S(=O)(=O)CCNC(=O)CCNC(=O)OC(C)(C)C. The van der Waals surface area contributed by atoms with E-state index in [2.05, 4.69) is 10.6 Å². The molecule has 0 aromatic carbocycles. The highest BCUT2D eigenvalue weighted by molar-refractivity contribution is 7.92. The average molecular weight is 292 g/mol. The molecule has 19 heavy (non-hydrogen) atoms. The Balaban J connectivity index is 3.72. The zero-order chi connectivity index (χ0) is 15.1. The summed E-state index contributed by atoms with van der Waals surface area (Å²) in [5.41, 5.74) is -0.595. The predicted molar refractivity (Wildman–Crippen MR) is 70.0 cm³/mol. The maximum absolute atomic E-state index is 11.3. The maximum Gasteiger partial charge on any atom is 0.407 e. The summed E-state index contributed by atoms with van der Waals surface area (Å²) in [6.45, 7) is 5.24. The van der Waals surface area contributed by atoms with Crippen molar-refractivity contribution >= 4 is 21.8 Å². The highest BCUT2D eigenvalue weighted by Gasteiger charge is 2.15. The molecule has 7 nitrogen and oxygen atoms in total. The van der Waals surface area contributed by atoms with E-state index in [1.54, 1.807) is 20.8 Å². The van der Waals surface area contributed by atoms with Crippen LogP contribution in [0.1, 0.15) is 27.2 Å². The van der Waals surface area contributed by atoms with Gasteiger partial charge in [-0.25, -0.2) is 13.2 Å². The van der Waals surface area contributed by atoms with E-state index in [4.69, 9.17) is 11.0 Å². The minimum atomic E-state index is -3.58. The van der Waals surface area contributed by atoms with Gasteiger partial charge in [0.25, 0.3) is 0 Å². The van der Waals surface area contributed by atoms with Gasteiger partial charge in [-0.2, -0.15) is 0 Å². The quantitative estimate of drug-likeness (QED) is 0.723. The predicted octanol–water partition coefficient (Wildman–Crippen LogP) is 0.101. The highest BCUT2D eigenvalue weighted by Crippen LogP contribution is 2.06. The molecule has 0 unspecified atom stereocenters. The van der Waals surface area contributed by atoms with Gasteiger partial charge in [-0.15, -0.1) is 0 Å². The van der Waals surface area contributed by atoms with E-state index in [-0.39, 0.29) is 31.2 Å². The largest absolute Gasteiger partial charge is 0.444 e. The summed E-state index contributed by atoms with van der Waals surface area (Å²) in [5, 5.41) is 4.78. The van der Waals surface area contributed by atoms with Crippen LogP contribution < -0.4 is 10.6 Å². The lowest BCUT2D eigenvalue weighted by atomic mass is 10.2. The normalized spacial score (nSPS) is 11.8. The van der Waals surface area contributed by atoms with Crippen LogP contribution in [0.5, 0.6) is 0 Å². The molecule has 0 aromatic rings. The van der Waals surface area contributed by atoms with E-state index in [9.17, 15) is 18.0 Å². The molecule has 2 radical (unpaired) electrons. The molecule has 8 heteroatoms. The lowest BCUT2D eigenvalue weighted by Crippen LogP contribution is -2.35. The van der Waals surface area contributed by atoms with Crippen LogP contribution in [0, 0.1) is 6.26 Å². The topological polar surface area (TPSA) is 102 Å². The number of hydrogen-bond acceptors (Lipinski definition) is 5. The number of nitrogens with one attached hydrogen (secondary N) is 2. The van der Waals surface area contributed by atoms with E-state index in [1.807, 2.05) is 0 Å². The number of amides is 2. The fraction of sp³-hybridized carbons (Fsp3) is 0.727. The van der Waals surface area contributed by atoms with Gasteiger partial charge >= 0.3 is 6.09 Å². The second-order valence-electron chi connectivity index (χ2n) is 4.90. The molecular formula is C11H20N2O5S. The fourth-order valence-corrected chi connectivity index (χ4v) is 1.40. The van der Waals surface area contributed by atoms with Gasteiger partial charge < -0.3 is 15.4 Å². The van der Waals surface area contributed by atoms with Crippen LogP contribution in [0.25, 0.3) is 0 Å². The van der Waals surface area contributed by atoms with Gasteiger partial charge in [0.2, 0.25) is 5.91 Å². The average Bonchev–Trinajstić information content (AvgIpc) is 2.12. The van der Waals surface area contributed by atoms with Crippen LogP contribution in [0.15, 0.2) is 0 Å². The molecule has 0 rings (SSSR count). The molecule has 2 amide bonds. The highest BCUT2D eigenvalue weighted by atomic mass is 32.2. The molecule has 0 aliphatic heterocycles. The van der Waals surface area contributed by atoms with Crippen LogP contribution in [-0.2, 0) is 19.4 Å². The third-order valence-electron chi connectivity index (χ3n) is 1.73. The molecule has 0 bridgehead atoms. The summed E-state index contributed by atoms with van der Waals surface area (Å²) in [7, 11) is -3.58. The number of ether oxygens (including phenoxy) is 1. The Morgan fingerprint density at radius 2 is 1.74 bits per heavy atom. The van der Waals surface area contributed by atoms with Crippen LogP contribution in [0.4, 0.5) is 4.79 Å². The van der Waals surface area contributed by atoms with Crippen molar-refractivity contribution in [2.75, 3.05) is 18.8 Å². The first kappa shape index (κ1) is 17.7. The Morgan fingerprint density at radius 1 is 1.16 bits per heavy atom. The van der Waals surface area contributed by atoms with Crippen molar-refractivity contribution in [1.82, 2.24) is 10.6 Å². The Kier molecular flexibility index (Phi) is 6.82. The molecule has 110 valence electrons. The molecule has 0 saturated carbocycles. The molecule has 0 fully saturated rings. The summed E-state index contributed by atoms with van der Waals surface area (Å²) >= 11 is 0. The minimum absolute atomic E-state index is 0.0316. The number of carbonyl (C=O) groups excluding carboxylic acids is 2. The lowest BCUT2D eigenvalue weighted by Gasteiger charge is -2.19. The van der Waals surface area contributed by atoms with Crippen LogP contribution >= 0.6 is 0 Å². The first-order valence-electron chi connectivity index (χ1n) is 5.73. The third-order valence-corrected chi connectivity index (χ3v) is 2.50. The van der Waals surface area contributed by atoms with Crippen LogP contribution in [-0.4, -0.2) is 44.9 Å². The number of carbonyl (C=O) groups is 2. The number of sulfone groups is 1. The van der Waals surface area contributed by atoms with Crippen molar-refractivity contribution in [2.24, 2.45) is 0 Å². The molecule has 0 atom stereocenters. The van der Waals surface area contributed by atoms with E-state index < -0.39 is 21.5 Å². The van der Waals surface area contributed by atoms with Gasteiger partial charge in [0, 0.05) is 19.5 Å². The van der Waals surface area contributed by atoms with Crippen molar-refractivity contribution in [2.45, 2.75) is 32.8 Å². The Morgan fingerprint density at radius 3 is 2.21 bits per heavy atom. The first-order valence-corrected chi connectivity index (χ1v) is 7.45. The van der Waals surface area contributed by atoms with Gasteiger partial charge in [-0.3, -0.25) is 4.79 Å². The summed E-state index contributed by atoms with van der Waals surface area (Å²) in [5.74, 6) is -0.696. The minimum Gasteiger partial charge on any atom is -0.444 e. The Labute approximate surface area is 114 Å². The third kappa shape index (κ3) is 12.9.